The SMILES string of the molecule is CCC1CCC[C@@H](O[C@H](O)/C(OC(=O)c2ccccc2)=C(\O[C@@H](CC2CCCCC2)C(=O)N2CC(F)(F)C2)[C@@H](O)CCO)C1O[C@@H]1OC(C(F)(F)F)[C@@H](O)C(O)C1O. The molecule has 11 atom stereocenters. The van der Waals surface area contributed by atoms with Crippen molar-refractivity contribution in [3.63, 3.8) is 0 Å². The van der Waals surface area contributed by atoms with Crippen molar-refractivity contribution in [1.82, 2.24) is 4.90 Å². The minimum absolute atomic E-state index is 0.0208. The summed E-state index contributed by atoms with van der Waals surface area (Å²) in [7, 11) is 0. The summed E-state index contributed by atoms with van der Waals surface area (Å²) < 4.78 is 98.0. The Hall–Kier alpha value is -3.01. The maximum Gasteiger partial charge on any atom is 0.417 e. The van der Waals surface area contributed by atoms with Crippen LogP contribution in [0, 0.1) is 11.8 Å². The van der Waals surface area contributed by atoms with Gasteiger partial charge in [-0.15, -0.1) is 0 Å². The third-order valence-corrected chi connectivity index (χ3v) is 11.3. The van der Waals surface area contributed by atoms with Gasteiger partial charge in [0.1, 0.15) is 24.4 Å². The van der Waals surface area contributed by atoms with Crippen LogP contribution in [-0.4, -0.2) is 141 Å². The van der Waals surface area contributed by atoms with Crippen LogP contribution in [0.25, 0.3) is 0 Å². The third kappa shape index (κ3) is 11.4. The van der Waals surface area contributed by atoms with Crippen LogP contribution in [0.1, 0.15) is 87.9 Å². The molecule has 2 heterocycles. The third-order valence-electron chi connectivity index (χ3n) is 11.3. The fourth-order valence-electron chi connectivity index (χ4n) is 8.07. The largest absolute Gasteiger partial charge is 0.478 e. The first-order chi connectivity index (χ1) is 27.4. The highest BCUT2D eigenvalue weighted by Gasteiger charge is 2.57. The van der Waals surface area contributed by atoms with E-state index in [0.717, 1.165) is 24.2 Å². The molecule has 2 aliphatic heterocycles. The van der Waals surface area contributed by atoms with E-state index < -0.39 is 129 Å². The molecule has 19 heteroatoms. The molecule has 2 saturated heterocycles. The van der Waals surface area contributed by atoms with Crippen molar-refractivity contribution in [1.29, 1.82) is 0 Å². The standard InChI is InChI=1S/C39H54F5NO13/c1-2-22-14-9-15-25(30(22)57-37-29(50)27(48)28(49)33(58-37)39(42,43)44)55-36(53)32(56-35(52)23-12-7-4-8-13-23)31(24(47)16-17-46)54-26(18-21-10-5-3-6-11-21)34(51)45-19-38(40,41)20-45/h4,7-8,12-13,21-22,24-30,33,36-37,46-50,53H,2-3,5-6,9-11,14-20H2,1H3/b32-31+/t22?,24-,25+,26-,27?,28-,29?,30?,33?,36-,37+/m0/s1. The molecule has 1 amide bonds. The molecule has 4 aliphatic rings. The molecule has 0 aromatic heterocycles. The molecular formula is C39H54F5NO13. The van der Waals surface area contributed by atoms with Gasteiger partial charge in [0.15, 0.2) is 24.3 Å². The molecule has 1 aromatic carbocycles. The summed E-state index contributed by atoms with van der Waals surface area (Å²) in [4.78, 5) is 28.2. The first kappa shape index (κ1) is 46.1. The number of aliphatic hydroxyl groups excluding tert-OH is 6. The average Bonchev–Trinajstić information content (AvgIpc) is 3.18. The number of carbonyl (C=O) groups is 2. The Morgan fingerprint density at radius 3 is 2.21 bits per heavy atom. The lowest BCUT2D eigenvalue weighted by Gasteiger charge is -2.45. The summed E-state index contributed by atoms with van der Waals surface area (Å²) >= 11 is 0. The van der Waals surface area contributed by atoms with E-state index >= 15 is 0 Å². The molecule has 0 spiro atoms. The van der Waals surface area contributed by atoms with Gasteiger partial charge in [-0.05, 0) is 43.2 Å². The maximum atomic E-state index is 14.0. The van der Waals surface area contributed by atoms with Crippen molar-refractivity contribution in [2.75, 3.05) is 19.7 Å². The molecule has 58 heavy (non-hydrogen) atoms. The summed E-state index contributed by atoms with van der Waals surface area (Å²) in [5, 5.41) is 64.1. The number of aliphatic hydroxyl groups is 6. The number of ether oxygens (including phenoxy) is 5. The Bertz CT molecular complexity index is 1520. The zero-order chi connectivity index (χ0) is 42.4. The molecule has 0 radical (unpaired) electrons. The molecule has 2 aliphatic carbocycles. The molecule has 14 nitrogen and oxygen atoms in total. The lowest BCUT2D eigenvalue weighted by molar-refractivity contribution is -0.368. The van der Waals surface area contributed by atoms with Gasteiger partial charge in [0, 0.05) is 13.0 Å². The Morgan fingerprint density at radius 1 is 0.931 bits per heavy atom. The molecule has 5 rings (SSSR count). The predicted molar refractivity (Wildman–Crippen MR) is 190 cm³/mol. The molecular weight excluding hydrogens is 785 g/mol. The molecule has 4 fully saturated rings. The van der Waals surface area contributed by atoms with Crippen LogP contribution in [0.2, 0.25) is 0 Å². The molecule has 5 unspecified atom stereocenters. The van der Waals surface area contributed by atoms with Crippen molar-refractivity contribution < 1.29 is 85.9 Å². The van der Waals surface area contributed by atoms with Crippen molar-refractivity contribution >= 4 is 11.9 Å². The van der Waals surface area contributed by atoms with Gasteiger partial charge in [-0.25, -0.2) is 13.6 Å². The summed E-state index contributed by atoms with van der Waals surface area (Å²) in [5.74, 6) is -7.18. The fourth-order valence-corrected chi connectivity index (χ4v) is 8.07. The monoisotopic (exact) mass is 839 g/mol. The number of alkyl halides is 5. The van der Waals surface area contributed by atoms with Gasteiger partial charge < -0.3 is 59.2 Å². The molecule has 328 valence electrons. The van der Waals surface area contributed by atoms with E-state index in [1.165, 1.54) is 24.3 Å². The minimum atomic E-state index is -5.16. The van der Waals surface area contributed by atoms with E-state index in [1.54, 1.807) is 13.0 Å². The summed E-state index contributed by atoms with van der Waals surface area (Å²) in [6.07, 6.45) is -20.5. The minimum Gasteiger partial charge on any atom is -0.478 e. The number of hydrogen-bond acceptors (Lipinski definition) is 13. The van der Waals surface area contributed by atoms with Gasteiger partial charge in [0.25, 0.3) is 11.8 Å². The maximum absolute atomic E-state index is 14.0. The highest BCUT2D eigenvalue weighted by Crippen LogP contribution is 2.39. The zero-order valence-corrected chi connectivity index (χ0v) is 32.1. The smallest absolute Gasteiger partial charge is 0.417 e. The fraction of sp³-hybridized carbons (Fsp3) is 0.744. The van der Waals surface area contributed by atoms with E-state index in [2.05, 4.69) is 0 Å². The number of amides is 1. The van der Waals surface area contributed by atoms with Crippen LogP contribution in [-0.2, 0) is 28.5 Å². The summed E-state index contributed by atoms with van der Waals surface area (Å²) in [6.45, 7) is -0.672. The van der Waals surface area contributed by atoms with E-state index in [9.17, 15) is 62.2 Å². The van der Waals surface area contributed by atoms with Crippen molar-refractivity contribution in [2.24, 2.45) is 11.8 Å². The van der Waals surface area contributed by atoms with Crippen LogP contribution in [0.15, 0.2) is 41.9 Å². The number of nitrogens with zero attached hydrogens (tertiary/aromatic N) is 1. The Labute approximate surface area is 332 Å². The highest BCUT2D eigenvalue weighted by atomic mass is 19.4. The van der Waals surface area contributed by atoms with Crippen LogP contribution in [0.3, 0.4) is 0 Å². The van der Waals surface area contributed by atoms with Crippen molar-refractivity contribution in [2.45, 2.75) is 151 Å². The van der Waals surface area contributed by atoms with Crippen LogP contribution in [0.5, 0.6) is 0 Å². The number of benzene rings is 1. The van der Waals surface area contributed by atoms with E-state index in [1.807, 2.05) is 0 Å². The summed E-state index contributed by atoms with van der Waals surface area (Å²) in [5.41, 5.74) is -0.0332. The quantitative estimate of drug-likeness (QED) is 0.0613. The first-order valence-corrected chi connectivity index (χ1v) is 19.8. The molecule has 2 saturated carbocycles. The van der Waals surface area contributed by atoms with Gasteiger partial charge in [-0.3, -0.25) is 4.79 Å². The van der Waals surface area contributed by atoms with Gasteiger partial charge in [-0.2, -0.15) is 13.2 Å². The molecule has 6 N–H and O–H groups in total. The van der Waals surface area contributed by atoms with Crippen LogP contribution in [0.4, 0.5) is 22.0 Å². The normalized spacial score (nSPS) is 31.3. The van der Waals surface area contributed by atoms with Gasteiger partial charge in [0.05, 0.1) is 30.9 Å². The molecule has 1 aromatic rings. The second kappa shape index (κ2) is 20.0. The second-order valence-electron chi connectivity index (χ2n) is 15.6. The number of likely N-dealkylation sites (tertiary alicyclic amines) is 1. The predicted octanol–water partition coefficient (Wildman–Crippen LogP) is 3.30. The zero-order valence-electron chi connectivity index (χ0n) is 32.1. The Balaban J connectivity index is 1.51. The van der Waals surface area contributed by atoms with Crippen LogP contribution >= 0.6 is 0 Å². The van der Waals surface area contributed by atoms with Gasteiger partial charge >= 0.3 is 12.1 Å². The number of halogens is 5. The highest BCUT2D eigenvalue weighted by molar-refractivity contribution is 5.90. The molecule has 0 bridgehead atoms. The van der Waals surface area contributed by atoms with Gasteiger partial charge in [-0.1, -0.05) is 70.1 Å². The first-order valence-electron chi connectivity index (χ1n) is 19.8. The van der Waals surface area contributed by atoms with E-state index in [0.29, 0.717) is 32.1 Å². The van der Waals surface area contributed by atoms with E-state index in [4.69, 9.17) is 23.7 Å². The lowest BCUT2D eigenvalue weighted by atomic mass is 9.82. The number of hydrogen-bond donors (Lipinski definition) is 6. The second-order valence-corrected chi connectivity index (χ2v) is 15.6. The van der Waals surface area contributed by atoms with E-state index in [-0.39, 0.29) is 24.3 Å². The number of esters is 1. The Kier molecular flexibility index (Phi) is 15.9. The lowest BCUT2D eigenvalue weighted by Crippen LogP contribution is -2.63. The average molecular weight is 840 g/mol. The van der Waals surface area contributed by atoms with Crippen molar-refractivity contribution in [3.8, 4) is 0 Å². The Morgan fingerprint density at radius 2 is 1.60 bits per heavy atom. The van der Waals surface area contributed by atoms with Crippen molar-refractivity contribution in [3.05, 3.63) is 47.4 Å². The van der Waals surface area contributed by atoms with Gasteiger partial charge in [0.2, 0.25) is 12.0 Å². The summed E-state index contributed by atoms with van der Waals surface area (Å²) in [6, 6.07) is 7.40. The topological polar surface area (TPSA) is 205 Å². The van der Waals surface area contributed by atoms with Crippen LogP contribution < -0.4 is 0 Å². The number of rotatable bonds is 16. The number of carbonyl (C=O) groups excluding carboxylic acids is 2.